The molecule has 1 aromatic carbocycles. The predicted octanol–water partition coefficient (Wildman–Crippen LogP) is 1.23. The first kappa shape index (κ1) is 17.5. The molecule has 6 nitrogen and oxygen atoms in total. The average Bonchev–Trinajstić information content (AvgIpc) is 2.34. The van der Waals surface area contributed by atoms with Crippen molar-refractivity contribution in [3.63, 3.8) is 0 Å². The van der Waals surface area contributed by atoms with Gasteiger partial charge in [0, 0.05) is 19.6 Å². The van der Waals surface area contributed by atoms with E-state index in [1.807, 2.05) is 20.8 Å². The molecule has 0 unspecified atom stereocenters. The lowest BCUT2D eigenvalue weighted by molar-refractivity contribution is -0.124. The molecule has 21 heavy (non-hydrogen) atoms. The zero-order chi connectivity index (χ0) is 16.3. The Balaban J connectivity index is 2.66. The van der Waals surface area contributed by atoms with Gasteiger partial charge in [-0.2, -0.15) is 0 Å². The number of amides is 1. The number of nitrogens with zero attached hydrogens (tertiary/aromatic N) is 1. The van der Waals surface area contributed by atoms with Crippen molar-refractivity contribution in [1.82, 2.24) is 9.62 Å². The van der Waals surface area contributed by atoms with E-state index in [-0.39, 0.29) is 22.9 Å². The van der Waals surface area contributed by atoms with Gasteiger partial charge in [0.25, 0.3) is 5.91 Å². The molecule has 0 saturated heterocycles. The number of rotatable bonds is 5. The van der Waals surface area contributed by atoms with Gasteiger partial charge in [0.2, 0.25) is 10.0 Å². The van der Waals surface area contributed by atoms with E-state index in [1.165, 1.54) is 38.4 Å². The second kappa shape index (κ2) is 6.44. The monoisotopic (exact) mass is 314 g/mol. The maximum atomic E-state index is 11.9. The summed E-state index contributed by atoms with van der Waals surface area (Å²) in [4.78, 5) is 11.8. The zero-order valence-electron chi connectivity index (χ0n) is 13.0. The highest BCUT2D eigenvalue weighted by atomic mass is 32.2. The molecule has 0 fully saturated rings. The number of carbonyl (C=O) groups excluding carboxylic acids is 1. The molecule has 0 bridgehead atoms. The first-order chi connectivity index (χ1) is 9.52. The van der Waals surface area contributed by atoms with Crippen LogP contribution in [0.5, 0.6) is 5.75 Å². The van der Waals surface area contributed by atoms with Gasteiger partial charge in [0.1, 0.15) is 5.75 Å². The third-order valence-corrected chi connectivity index (χ3v) is 4.32. The second-order valence-electron chi connectivity index (χ2n) is 5.85. The Labute approximate surface area is 126 Å². The minimum absolute atomic E-state index is 0.114. The molecule has 1 aromatic rings. The quantitative estimate of drug-likeness (QED) is 0.887. The van der Waals surface area contributed by atoms with Crippen molar-refractivity contribution >= 4 is 15.9 Å². The van der Waals surface area contributed by atoms with E-state index in [4.69, 9.17) is 4.74 Å². The summed E-state index contributed by atoms with van der Waals surface area (Å²) < 4.78 is 30.2. The van der Waals surface area contributed by atoms with Crippen LogP contribution in [0.1, 0.15) is 20.8 Å². The Bertz CT molecular complexity index is 586. The van der Waals surface area contributed by atoms with Crippen LogP contribution < -0.4 is 10.1 Å². The lowest BCUT2D eigenvalue weighted by Crippen LogP contribution is -2.43. The van der Waals surface area contributed by atoms with Crippen molar-refractivity contribution in [2.75, 3.05) is 20.7 Å². The third-order valence-electron chi connectivity index (χ3n) is 2.49. The Hall–Kier alpha value is -1.60. The summed E-state index contributed by atoms with van der Waals surface area (Å²) in [6.45, 7) is 5.53. The fraction of sp³-hybridized carbons (Fsp3) is 0.500. The van der Waals surface area contributed by atoms with Crippen molar-refractivity contribution < 1.29 is 17.9 Å². The van der Waals surface area contributed by atoms with Crippen LogP contribution in [0, 0.1) is 0 Å². The molecule has 0 aromatic heterocycles. The molecule has 118 valence electrons. The summed E-state index contributed by atoms with van der Waals surface area (Å²) in [6.07, 6.45) is 0. The topological polar surface area (TPSA) is 75.7 Å². The van der Waals surface area contributed by atoms with Crippen LogP contribution in [0.2, 0.25) is 0 Å². The van der Waals surface area contributed by atoms with E-state index >= 15 is 0 Å². The summed E-state index contributed by atoms with van der Waals surface area (Å²) in [5, 5.41) is 2.77. The van der Waals surface area contributed by atoms with Crippen LogP contribution in [0.25, 0.3) is 0 Å². The van der Waals surface area contributed by atoms with Gasteiger partial charge >= 0.3 is 0 Å². The van der Waals surface area contributed by atoms with E-state index in [0.717, 1.165) is 4.31 Å². The molecule has 0 spiro atoms. The van der Waals surface area contributed by atoms with E-state index < -0.39 is 10.0 Å². The highest BCUT2D eigenvalue weighted by molar-refractivity contribution is 7.89. The van der Waals surface area contributed by atoms with Gasteiger partial charge in [0.05, 0.1) is 4.90 Å². The Morgan fingerprint density at radius 3 is 2.14 bits per heavy atom. The van der Waals surface area contributed by atoms with E-state index in [2.05, 4.69) is 5.32 Å². The first-order valence-corrected chi connectivity index (χ1v) is 7.93. The fourth-order valence-corrected chi connectivity index (χ4v) is 2.42. The molecule has 0 atom stereocenters. The van der Waals surface area contributed by atoms with Gasteiger partial charge in [-0.05, 0) is 45.0 Å². The van der Waals surface area contributed by atoms with Crippen LogP contribution >= 0.6 is 0 Å². The molecule has 0 aliphatic heterocycles. The Kier molecular flexibility index (Phi) is 5.36. The second-order valence-corrected chi connectivity index (χ2v) is 8.00. The third kappa shape index (κ3) is 5.35. The van der Waals surface area contributed by atoms with Gasteiger partial charge in [-0.25, -0.2) is 12.7 Å². The van der Waals surface area contributed by atoms with Crippen molar-refractivity contribution in [2.24, 2.45) is 0 Å². The maximum absolute atomic E-state index is 11.9. The number of hydrogen-bond donors (Lipinski definition) is 1. The summed E-state index contributed by atoms with van der Waals surface area (Å²) >= 11 is 0. The van der Waals surface area contributed by atoms with Crippen LogP contribution in [-0.4, -0.2) is 44.9 Å². The summed E-state index contributed by atoms with van der Waals surface area (Å²) in [5.41, 5.74) is -0.315. The molecular weight excluding hydrogens is 292 g/mol. The maximum Gasteiger partial charge on any atom is 0.258 e. The number of hydrogen-bond acceptors (Lipinski definition) is 4. The van der Waals surface area contributed by atoms with Crippen LogP contribution in [0.15, 0.2) is 29.2 Å². The van der Waals surface area contributed by atoms with Crippen molar-refractivity contribution in [1.29, 1.82) is 0 Å². The van der Waals surface area contributed by atoms with E-state index in [9.17, 15) is 13.2 Å². The number of carbonyl (C=O) groups is 1. The molecule has 1 N–H and O–H groups in total. The minimum Gasteiger partial charge on any atom is -0.484 e. The lowest BCUT2D eigenvalue weighted by Gasteiger charge is -2.20. The normalized spacial score (nSPS) is 12.3. The number of nitrogens with one attached hydrogen (secondary N) is 1. The molecular formula is C14H22N2O4S. The molecule has 0 heterocycles. The summed E-state index contributed by atoms with van der Waals surface area (Å²) in [6, 6.07) is 5.96. The van der Waals surface area contributed by atoms with Gasteiger partial charge < -0.3 is 10.1 Å². The number of ether oxygens (including phenoxy) is 1. The SMILES string of the molecule is CN(C)S(=O)(=O)c1ccc(OCC(=O)NC(C)(C)C)cc1. The number of sulfonamides is 1. The van der Waals surface area contributed by atoms with Gasteiger partial charge in [0.15, 0.2) is 6.61 Å². The zero-order valence-corrected chi connectivity index (χ0v) is 13.8. The first-order valence-electron chi connectivity index (χ1n) is 6.49. The fourth-order valence-electron chi connectivity index (χ4n) is 1.52. The van der Waals surface area contributed by atoms with Gasteiger partial charge in [-0.3, -0.25) is 4.79 Å². The Morgan fingerprint density at radius 1 is 1.19 bits per heavy atom. The van der Waals surface area contributed by atoms with Crippen molar-refractivity contribution in [2.45, 2.75) is 31.2 Å². The molecule has 0 saturated carbocycles. The smallest absolute Gasteiger partial charge is 0.258 e. The Morgan fingerprint density at radius 2 is 1.71 bits per heavy atom. The summed E-state index contributed by atoms with van der Waals surface area (Å²) in [5.74, 6) is 0.212. The number of benzene rings is 1. The van der Waals surface area contributed by atoms with E-state index in [1.54, 1.807) is 0 Å². The van der Waals surface area contributed by atoms with Crippen LogP contribution in [0.3, 0.4) is 0 Å². The molecule has 7 heteroatoms. The highest BCUT2D eigenvalue weighted by Gasteiger charge is 2.17. The largest absolute Gasteiger partial charge is 0.484 e. The summed E-state index contributed by atoms with van der Waals surface area (Å²) in [7, 11) is -0.513. The predicted molar refractivity (Wildman–Crippen MR) is 80.7 cm³/mol. The highest BCUT2D eigenvalue weighted by Crippen LogP contribution is 2.18. The lowest BCUT2D eigenvalue weighted by atomic mass is 10.1. The average molecular weight is 314 g/mol. The standard InChI is InChI=1S/C14H22N2O4S/c1-14(2,3)15-13(17)10-20-11-6-8-12(9-7-11)21(18,19)16(4)5/h6-9H,10H2,1-5H3,(H,15,17). The van der Waals surface area contributed by atoms with Gasteiger partial charge in [-0.15, -0.1) is 0 Å². The van der Waals surface area contributed by atoms with Crippen molar-refractivity contribution in [3.8, 4) is 5.75 Å². The molecule has 0 aliphatic rings. The van der Waals surface area contributed by atoms with Crippen LogP contribution in [-0.2, 0) is 14.8 Å². The van der Waals surface area contributed by atoms with Crippen molar-refractivity contribution in [3.05, 3.63) is 24.3 Å². The van der Waals surface area contributed by atoms with Gasteiger partial charge in [-0.1, -0.05) is 0 Å². The molecule has 1 rings (SSSR count). The van der Waals surface area contributed by atoms with Crippen LogP contribution in [0.4, 0.5) is 0 Å². The molecule has 1 amide bonds. The molecule has 0 aliphatic carbocycles. The minimum atomic E-state index is -3.45. The molecule has 0 radical (unpaired) electrons. The van der Waals surface area contributed by atoms with E-state index in [0.29, 0.717) is 5.75 Å².